The molecule has 1 aliphatic rings. The molecule has 0 amide bonds. The number of carbonyl (C=O) groups is 2. The summed E-state index contributed by atoms with van der Waals surface area (Å²) in [7, 11) is 3.05. The highest BCUT2D eigenvalue weighted by Crippen LogP contribution is 2.36. The Bertz CT molecular complexity index is 1750. The van der Waals surface area contributed by atoms with Gasteiger partial charge in [0.15, 0.2) is 22.9 Å². The molecule has 2 aromatic carbocycles. The molecule has 0 spiro atoms. The molecule has 0 bridgehead atoms. The third kappa shape index (κ3) is 6.57. The molecular weight excluding hydrogens is 743 g/mol. The van der Waals surface area contributed by atoms with E-state index in [-0.39, 0.29) is 31.0 Å². The van der Waals surface area contributed by atoms with E-state index >= 15 is 0 Å². The first-order valence-electron chi connectivity index (χ1n) is 12.8. The first-order valence-corrected chi connectivity index (χ1v) is 15.5. The van der Waals surface area contributed by atoms with E-state index in [9.17, 15) is 14.4 Å². The Morgan fingerprint density at radius 2 is 1.81 bits per heavy atom. The minimum Gasteiger partial charge on any atom is -0.496 e. The van der Waals surface area contributed by atoms with Crippen LogP contribution in [0.4, 0.5) is 0 Å². The van der Waals surface area contributed by atoms with Gasteiger partial charge in [0.1, 0.15) is 5.75 Å². The number of benzene rings is 2. The number of esters is 2. The first-order chi connectivity index (χ1) is 20.1. The first kappa shape index (κ1) is 31.8. The maximum Gasteiger partial charge on any atom is 0.344 e. The van der Waals surface area contributed by atoms with Gasteiger partial charge in [-0.1, -0.05) is 17.4 Å². The van der Waals surface area contributed by atoms with Gasteiger partial charge >= 0.3 is 11.9 Å². The van der Waals surface area contributed by atoms with Crippen molar-refractivity contribution < 1.29 is 33.3 Å². The van der Waals surface area contributed by atoms with Crippen molar-refractivity contribution in [2.45, 2.75) is 26.8 Å². The number of hydrogen-bond acceptors (Lipinski definition) is 10. The summed E-state index contributed by atoms with van der Waals surface area (Å²) in [6, 6.07) is 8.17. The van der Waals surface area contributed by atoms with Crippen molar-refractivity contribution in [3.63, 3.8) is 0 Å². The Morgan fingerprint density at radius 3 is 2.45 bits per heavy atom. The Labute approximate surface area is 267 Å². The predicted molar refractivity (Wildman–Crippen MR) is 169 cm³/mol. The molecule has 0 aliphatic carbocycles. The molecule has 0 N–H and O–H groups in total. The van der Waals surface area contributed by atoms with Crippen LogP contribution in [0.25, 0.3) is 6.08 Å². The number of carbonyl (C=O) groups excluding carboxylic acids is 2. The van der Waals surface area contributed by atoms with E-state index in [4.69, 9.17) is 23.7 Å². The van der Waals surface area contributed by atoms with Crippen LogP contribution in [0.5, 0.6) is 17.2 Å². The van der Waals surface area contributed by atoms with Gasteiger partial charge in [-0.25, -0.2) is 14.6 Å². The number of aromatic nitrogens is 1. The average molecular weight is 771 g/mol. The standard InChI is InChI=1S/C29H28BrIN2O8S/c1-6-39-23(34)14-41-26-19(31)10-16(11-21(26)38-5)12-22-27(35)33-25(17-8-9-20(37-4)18(30)13-17)24(28(36)40-7-2)15(3)32-29(33)42-22/h8-13,25H,6-7,14H2,1-5H3/b22-12+/t25-/m0/s1. The number of ether oxygens (including phenoxy) is 5. The summed E-state index contributed by atoms with van der Waals surface area (Å²) in [4.78, 5) is 43.9. The quantitative estimate of drug-likeness (QED) is 0.224. The summed E-state index contributed by atoms with van der Waals surface area (Å²) < 4.78 is 30.1. The highest BCUT2D eigenvalue weighted by molar-refractivity contribution is 14.1. The van der Waals surface area contributed by atoms with Crippen molar-refractivity contribution in [2.24, 2.45) is 4.99 Å². The Hall–Kier alpha value is -3.17. The SMILES string of the molecule is CCOC(=O)COc1c(I)cc(/C=c2/sc3n(c2=O)[C@@H](c2ccc(OC)c(Br)c2)C(C(=O)OCC)=C(C)N=3)cc1OC. The molecule has 1 aliphatic heterocycles. The van der Waals surface area contributed by atoms with E-state index < -0.39 is 18.0 Å². The normalized spacial score (nSPS) is 14.6. The zero-order chi connectivity index (χ0) is 30.6. The lowest BCUT2D eigenvalue weighted by Gasteiger charge is -2.25. The molecule has 3 aromatic rings. The van der Waals surface area contributed by atoms with Crippen molar-refractivity contribution in [2.75, 3.05) is 34.0 Å². The van der Waals surface area contributed by atoms with Crippen molar-refractivity contribution in [3.05, 3.63) is 80.5 Å². The molecule has 1 atom stereocenters. The number of nitrogens with zero attached hydrogens (tertiary/aromatic N) is 2. The van der Waals surface area contributed by atoms with Crippen LogP contribution in [0.2, 0.25) is 0 Å². The maximum absolute atomic E-state index is 13.9. The zero-order valence-corrected chi connectivity index (χ0v) is 28.0. The Morgan fingerprint density at radius 1 is 1.10 bits per heavy atom. The lowest BCUT2D eigenvalue weighted by atomic mass is 9.96. The molecule has 1 aromatic heterocycles. The van der Waals surface area contributed by atoms with E-state index in [1.165, 1.54) is 23.0 Å². The molecule has 10 nitrogen and oxygen atoms in total. The summed E-state index contributed by atoms with van der Waals surface area (Å²) >= 11 is 6.81. The van der Waals surface area contributed by atoms with Gasteiger partial charge in [-0.15, -0.1) is 0 Å². The van der Waals surface area contributed by atoms with E-state index in [0.717, 1.165) is 0 Å². The van der Waals surface area contributed by atoms with Gasteiger partial charge in [0.2, 0.25) is 0 Å². The van der Waals surface area contributed by atoms with Gasteiger partial charge in [-0.3, -0.25) is 9.36 Å². The van der Waals surface area contributed by atoms with Crippen LogP contribution in [0.15, 0.2) is 55.9 Å². The molecule has 0 saturated heterocycles. The summed E-state index contributed by atoms with van der Waals surface area (Å²) in [5.74, 6) is 0.373. The average Bonchev–Trinajstić information content (AvgIpc) is 3.25. The second-order valence-electron chi connectivity index (χ2n) is 8.82. The number of methoxy groups -OCH3 is 2. The second-order valence-corrected chi connectivity index (χ2v) is 11.8. The van der Waals surface area contributed by atoms with Crippen LogP contribution in [-0.4, -0.2) is 50.5 Å². The fourth-order valence-electron chi connectivity index (χ4n) is 4.41. The Balaban J connectivity index is 1.84. The van der Waals surface area contributed by atoms with E-state index in [2.05, 4.69) is 43.5 Å². The maximum atomic E-state index is 13.9. The van der Waals surface area contributed by atoms with Gasteiger partial charge in [-0.2, -0.15) is 0 Å². The zero-order valence-electron chi connectivity index (χ0n) is 23.5. The minimum absolute atomic E-state index is 0.180. The van der Waals surface area contributed by atoms with Gasteiger partial charge in [0.05, 0.1) is 57.3 Å². The number of hydrogen-bond donors (Lipinski definition) is 0. The highest BCUT2D eigenvalue weighted by Gasteiger charge is 2.33. The molecule has 0 unspecified atom stereocenters. The Kier molecular flexibility index (Phi) is 10.5. The molecule has 0 fully saturated rings. The van der Waals surface area contributed by atoms with Crippen LogP contribution in [-0.2, 0) is 19.1 Å². The second kappa shape index (κ2) is 13.9. The third-order valence-electron chi connectivity index (χ3n) is 6.20. The van der Waals surface area contributed by atoms with Gasteiger partial charge in [0.25, 0.3) is 5.56 Å². The van der Waals surface area contributed by atoms with Crippen LogP contribution in [0.1, 0.15) is 37.9 Å². The molecule has 4 rings (SSSR count). The van der Waals surface area contributed by atoms with E-state index in [1.807, 2.05) is 18.2 Å². The number of rotatable bonds is 10. The monoisotopic (exact) mass is 770 g/mol. The topological polar surface area (TPSA) is 115 Å². The molecule has 2 heterocycles. The van der Waals surface area contributed by atoms with Crippen LogP contribution >= 0.6 is 49.9 Å². The molecule has 0 saturated carbocycles. The smallest absolute Gasteiger partial charge is 0.344 e. The summed E-state index contributed by atoms with van der Waals surface area (Å²) in [6.07, 6.45) is 1.73. The number of halogens is 2. The van der Waals surface area contributed by atoms with Crippen molar-refractivity contribution in [1.82, 2.24) is 4.57 Å². The van der Waals surface area contributed by atoms with Gasteiger partial charge < -0.3 is 23.7 Å². The lowest BCUT2D eigenvalue weighted by molar-refractivity contribution is -0.145. The largest absolute Gasteiger partial charge is 0.496 e. The van der Waals surface area contributed by atoms with Gasteiger partial charge in [-0.05, 0) is 101 Å². The van der Waals surface area contributed by atoms with Crippen molar-refractivity contribution in [1.29, 1.82) is 0 Å². The van der Waals surface area contributed by atoms with E-state index in [1.54, 1.807) is 46.1 Å². The molecule has 0 radical (unpaired) electrons. The fourth-order valence-corrected chi connectivity index (χ4v) is 6.79. The lowest BCUT2D eigenvalue weighted by Crippen LogP contribution is -2.40. The third-order valence-corrected chi connectivity index (χ3v) is 8.60. The van der Waals surface area contributed by atoms with Crippen molar-refractivity contribution >= 4 is 67.9 Å². The molecule has 222 valence electrons. The number of fused-ring (bicyclic) bond motifs is 1. The fraction of sp³-hybridized carbons (Fsp3) is 0.310. The molecule has 13 heteroatoms. The van der Waals surface area contributed by atoms with Crippen LogP contribution < -0.4 is 29.1 Å². The molecular formula is C29H28BrIN2O8S. The number of allylic oxidation sites excluding steroid dienone is 1. The predicted octanol–water partition coefficient (Wildman–Crippen LogP) is 4.12. The van der Waals surface area contributed by atoms with Crippen LogP contribution in [0, 0.1) is 3.57 Å². The summed E-state index contributed by atoms with van der Waals surface area (Å²) in [6.45, 7) is 5.35. The summed E-state index contributed by atoms with van der Waals surface area (Å²) in [5, 5.41) is 0. The number of thiazole rings is 1. The molecule has 42 heavy (non-hydrogen) atoms. The van der Waals surface area contributed by atoms with E-state index in [0.29, 0.717) is 51.4 Å². The van der Waals surface area contributed by atoms with Crippen molar-refractivity contribution in [3.8, 4) is 17.2 Å². The minimum atomic E-state index is -0.766. The highest BCUT2D eigenvalue weighted by atomic mass is 127. The summed E-state index contributed by atoms with van der Waals surface area (Å²) in [5.41, 5.74) is 1.80. The van der Waals surface area contributed by atoms with Gasteiger partial charge in [0, 0.05) is 0 Å². The van der Waals surface area contributed by atoms with Crippen LogP contribution in [0.3, 0.4) is 0 Å².